The normalized spacial score (nSPS) is 12.7. The van der Waals surface area contributed by atoms with E-state index in [1.54, 1.807) is 36.7 Å². The second-order valence-corrected chi connectivity index (χ2v) is 5.36. The van der Waals surface area contributed by atoms with Crippen LogP contribution in [0.3, 0.4) is 0 Å². The molecule has 0 saturated carbocycles. The van der Waals surface area contributed by atoms with E-state index in [0.717, 1.165) is 5.52 Å². The average molecular weight is 301 g/mol. The number of aromatic nitrogens is 1. The van der Waals surface area contributed by atoms with Gasteiger partial charge < -0.3 is 13.9 Å². The summed E-state index contributed by atoms with van der Waals surface area (Å²) in [6.45, 7) is 1.94. The summed E-state index contributed by atoms with van der Waals surface area (Å²) in [6.07, 6.45) is 0. The Morgan fingerprint density at radius 2 is 2.26 bits per heavy atom. The molecule has 0 aliphatic rings. The van der Waals surface area contributed by atoms with E-state index in [1.807, 2.05) is 0 Å². The molecule has 0 spiro atoms. The minimum atomic E-state index is -1.81. The highest BCUT2D eigenvalue weighted by molar-refractivity contribution is 7.89. The molecule has 1 heterocycles. The third-order valence-electron chi connectivity index (χ3n) is 2.79. The van der Waals surface area contributed by atoms with Crippen molar-refractivity contribution in [3.8, 4) is 0 Å². The van der Waals surface area contributed by atoms with E-state index in [-0.39, 0.29) is 17.2 Å². The second-order valence-electron chi connectivity index (χ2n) is 3.92. The molecule has 0 aliphatic carbocycles. The molecule has 0 saturated heterocycles. The summed E-state index contributed by atoms with van der Waals surface area (Å²) in [4.78, 5) is 12.2. The molecule has 0 radical (unpaired) electrons. The van der Waals surface area contributed by atoms with Gasteiger partial charge in [0.05, 0.1) is 28.9 Å². The molecule has 0 amide bonds. The maximum Gasteiger partial charge on any atom is 0.360 e. The summed E-state index contributed by atoms with van der Waals surface area (Å²) >= 11 is 4.13. The SMILES string of the molecule is CCOC(=O)c1c([S+](N)[O-])c2cc(Cl)ccc2n1C. The Hall–Kier alpha value is -1.21. The molecular weight excluding hydrogens is 288 g/mol. The van der Waals surface area contributed by atoms with Crippen LogP contribution >= 0.6 is 11.6 Å². The number of aryl methyl sites for hydroxylation is 1. The number of carbonyl (C=O) groups is 1. The largest absolute Gasteiger partial charge is 0.593 e. The maximum absolute atomic E-state index is 12.0. The maximum atomic E-state index is 12.0. The number of ether oxygens (including phenoxy) is 1. The van der Waals surface area contributed by atoms with Crippen molar-refractivity contribution in [1.82, 2.24) is 4.57 Å². The Morgan fingerprint density at radius 3 is 2.84 bits per heavy atom. The van der Waals surface area contributed by atoms with Gasteiger partial charge in [0.1, 0.15) is 0 Å². The summed E-state index contributed by atoms with van der Waals surface area (Å²) in [5, 5.41) is 6.57. The standard InChI is InChI=1S/C12H13ClN2O3S/c1-3-18-12(16)10-11(19(14)17)8-6-7(13)4-5-9(8)15(10)2/h4-6H,3,14H2,1-2H3. The monoisotopic (exact) mass is 300 g/mol. The van der Waals surface area contributed by atoms with Gasteiger partial charge in [-0.1, -0.05) is 11.6 Å². The number of rotatable bonds is 3. The van der Waals surface area contributed by atoms with Gasteiger partial charge in [-0.25, -0.2) is 4.79 Å². The van der Waals surface area contributed by atoms with Gasteiger partial charge in [-0.15, -0.1) is 5.14 Å². The second kappa shape index (κ2) is 5.42. The Labute approximate surface area is 118 Å². The zero-order valence-corrected chi connectivity index (χ0v) is 12.0. The van der Waals surface area contributed by atoms with Crippen molar-refractivity contribution in [3.63, 3.8) is 0 Å². The van der Waals surface area contributed by atoms with Crippen LogP contribution in [0.2, 0.25) is 5.02 Å². The van der Waals surface area contributed by atoms with Crippen LogP contribution in [-0.2, 0) is 23.1 Å². The highest BCUT2D eigenvalue weighted by Crippen LogP contribution is 2.31. The van der Waals surface area contributed by atoms with E-state index in [4.69, 9.17) is 21.5 Å². The number of esters is 1. The highest BCUT2D eigenvalue weighted by Gasteiger charge is 2.29. The number of carbonyl (C=O) groups excluding carboxylic acids is 1. The highest BCUT2D eigenvalue weighted by atomic mass is 35.5. The molecule has 1 unspecified atom stereocenters. The summed E-state index contributed by atoms with van der Waals surface area (Å²) in [5.74, 6) is -0.550. The van der Waals surface area contributed by atoms with Crippen molar-refractivity contribution in [2.24, 2.45) is 12.2 Å². The van der Waals surface area contributed by atoms with Crippen LogP contribution in [-0.4, -0.2) is 21.7 Å². The zero-order valence-electron chi connectivity index (χ0n) is 10.5. The predicted octanol–water partition coefficient (Wildman–Crippen LogP) is 1.99. The first-order chi connectivity index (χ1) is 8.97. The van der Waals surface area contributed by atoms with Crippen molar-refractivity contribution >= 4 is 39.8 Å². The lowest BCUT2D eigenvalue weighted by molar-refractivity contribution is 0.0511. The van der Waals surface area contributed by atoms with Crippen LogP contribution in [0, 0.1) is 0 Å². The fraction of sp³-hybridized carbons (Fsp3) is 0.250. The first-order valence-electron chi connectivity index (χ1n) is 5.58. The van der Waals surface area contributed by atoms with Gasteiger partial charge in [0.15, 0.2) is 5.69 Å². The Balaban J connectivity index is 2.78. The molecule has 0 fully saturated rings. The van der Waals surface area contributed by atoms with Crippen LogP contribution in [0.15, 0.2) is 23.1 Å². The number of nitrogens with two attached hydrogens (primary N) is 1. The van der Waals surface area contributed by atoms with E-state index in [1.165, 1.54) is 0 Å². The van der Waals surface area contributed by atoms with Gasteiger partial charge >= 0.3 is 5.97 Å². The summed E-state index contributed by atoms with van der Waals surface area (Å²) in [7, 11) is 1.69. The molecule has 7 heteroatoms. The van der Waals surface area contributed by atoms with Gasteiger partial charge in [0.2, 0.25) is 4.90 Å². The van der Waals surface area contributed by atoms with Crippen molar-refractivity contribution in [3.05, 3.63) is 28.9 Å². The molecule has 0 bridgehead atoms. The molecule has 2 rings (SSSR count). The van der Waals surface area contributed by atoms with Crippen molar-refractivity contribution in [1.29, 1.82) is 0 Å². The number of benzene rings is 1. The first-order valence-corrected chi connectivity index (χ1v) is 7.17. The Bertz CT molecular complexity index is 639. The topological polar surface area (TPSA) is 80.3 Å². The zero-order chi connectivity index (χ0) is 14.2. The average Bonchev–Trinajstić information content (AvgIpc) is 2.62. The van der Waals surface area contributed by atoms with Crippen molar-refractivity contribution < 1.29 is 14.1 Å². The van der Waals surface area contributed by atoms with E-state index < -0.39 is 17.3 Å². The lowest BCUT2D eigenvalue weighted by Gasteiger charge is -2.06. The number of fused-ring (bicyclic) bond motifs is 1. The van der Waals surface area contributed by atoms with Gasteiger partial charge in [-0.2, -0.15) is 0 Å². The number of halogens is 1. The lowest BCUT2D eigenvalue weighted by atomic mass is 10.2. The van der Waals surface area contributed by atoms with Crippen LogP contribution in [0.5, 0.6) is 0 Å². The van der Waals surface area contributed by atoms with Crippen LogP contribution in [0.1, 0.15) is 17.4 Å². The lowest BCUT2D eigenvalue weighted by Crippen LogP contribution is -2.19. The van der Waals surface area contributed by atoms with Crippen LogP contribution in [0.25, 0.3) is 10.9 Å². The molecule has 1 aromatic heterocycles. The molecule has 2 N–H and O–H groups in total. The molecule has 5 nitrogen and oxygen atoms in total. The summed E-state index contributed by atoms with van der Waals surface area (Å²) in [6, 6.07) is 5.08. The van der Waals surface area contributed by atoms with E-state index >= 15 is 0 Å². The minimum Gasteiger partial charge on any atom is -0.593 e. The minimum absolute atomic E-state index is 0.194. The molecule has 2 aromatic rings. The summed E-state index contributed by atoms with van der Waals surface area (Å²) < 4.78 is 18.3. The molecule has 1 aromatic carbocycles. The van der Waals surface area contributed by atoms with Crippen LogP contribution < -0.4 is 5.14 Å². The quantitative estimate of drug-likeness (QED) is 0.694. The van der Waals surface area contributed by atoms with Gasteiger partial charge in [-0.3, -0.25) is 0 Å². The van der Waals surface area contributed by atoms with Crippen molar-refractivity contribution in [2.75, 3.05) is 6.61 Å². The third kappa shape index (κ3) is 2.44. The van der Waals surface area contributed by atoms with Crippen LogP contribution in [0.4, 0.5) is 0 Å². The molecular formula is C12H13ClN2O3S. The van der Waals surface area contributed by atoms with E-state index in [2.05, 4.69) is 0 Å². The summed E-state index contributed by atoms with van der Waals surface area (Å²) in [5.41, 5.74) is 0.918. The smallest absolute Gasteiger partial charge is 0.360 e. The number of hydrogen-bond donors (Lipinski definition) is 1. The number of nitrogens with zero attached hydrogens (tertiary/aromatic N) is 1. The molecule has 102 valence electrons. The van der Waals surface area contributed by atoms with Gasteiger partial charge in [0, 0.05) is 12.1 Å². The third-order valence-corrected chi connectivity index (χ3v) is 3.84. The first kappa shape index (κ1) is 14.2. The Kier molecular flexibility index (Phi) is 4.05. The van der Waals surface area contributed by atoms with Gasteiger partial charge in [-0.05, 0) is 25.1 Å². The molecule has 1 atom stereocenters. The Morgan fingerprint density at radius 1 is 1.58 bits per heavy atom. The predicted molar refractivity (Wildman–Crippen MR) is 74.5 cm³/mol. The van der Waals surface area contributed by atoms with E-state index in [9.17, 15) is 9.35 Å². The molecule has 0 aliphatic heterocycles. The molecule has 19 heavy (non-hydrogen) atoms. The van der Waals surface area contributed by atoms with Crippen molar-refractivity contribution in [2.45, 2.75) is 11.8 Å². The fourth-order valence-electron chi connectivity index (χ4n) is 2.02. The fourth-order valence-corrected chi connectivity index (χ4v) is 2.98. The van der Waals surface area contributed by atoms with Gasteiger partial charge in [0.25, 0.3) is 0 Å². The van der Waals surface area contributed by atoms with E-state index in [0.29, 0.717) is 10.4 Å². The number of hydrogen-bond acceptors (Lipinski definition) is 4.